The topological polar surface area (TPSA) is 70.2 Å². The number of hydrogen-bond donors (Lipinski definition) is 3. The lowest BCUT2D eigenvalue weighted by molar-refractivity contribution is -0.115. The Hall–Kier alpha value is -1.88. The van der Waals surface area contributed by atoms with Gasteiger partial charge in [-0.2, -0.15) is 0 Å². The Morgan fingerprint density at radius 3 is 2.05 bits per heavy atom. The molecule has 3 N–H and O–H groups in total. The highest BCUT2D eigenvalue weighted by Gasteiger charge is 2.03. The average Bonchev–Trinajstić information content (AvgIpc) is 2.30. The van der Waals surface area contributed by atoms with Gasteiger partial charge in [-0.25, -0.2) is 0 Å². The van der Waals surface area contributed by atoms with Crippen LogP contribution in [0.1, 0.15) is 20.8 Å². The van der Waals surface area contributed by atoms with E-state index in [0.717, 1.165) is 6.54 Å². The van der Waals surface area contributed by atoms with E-state index in [-0.39, 0.29) is 11.8 Å². The third-order valence-corrected chi connectivity index (χ3v) is 2.33. The van der Waals surface area contributed by atoms with E-state index < -0.39 is 0 Å². The Morgan fingerprint density at radius 1 is 1.05 bits per heavy atom. The van der Waals surface area contributed by atoms with Crippen molar-refractivity contribution >= 4 is 23.2 Å². The minimum Gasteiger partial charge on any atom is -0.326 e. The first-order valence-corrected chi connectivity index (χ1v) is 6.35. The Bertz CT molecular complexity index is 427. The van der Waals surface area contributed by atoms with Crippen molar-refractivity contribution < 1.29 is 9.59 Å². The van der Waals surface area contributed by atoms with Gasteiger partial charge in [0.2, 0.25) is 11.8 Å². The van der Waals surface area contributed by atoms with Crippen LogP contribution in [0.4, 0.5) is 11.4 Å². The van der Waals surface area contributed by atoms with Crippen LogP contribution in [-0.2, 0) is 9.59 Å². The summed E-state index contributed by atoms with van der Waals surface area (Å²) in [5.74, 6) is 0.326. The molecule has 104 valence electrons. The molecular formula is C14H21N3O2. The molecule has 0 radical (unpaired) electrons. The average molecular weight is 263 g/mol. The Kier molecular flexibility index (Phi) is 6.02. The predicted octanol–water partition coefficient (Wildman–Crippen LogP) is 1.83. The Labute approximate surface area is 113 Å². The van der Waals surface area contributed by atoms with Crippen molar-refractivity contribution in [3.8, 4) is 0 Å². The third kappa shape index (κ3) is 6.57. The van der Waals surface area contributed by atoms with Gasteiger partial charge >= 0.3 is 0 Å². The predicted molar refractivity (Wildman–Crippen MR) is 77.1 cm³/mol. The number of carbonyl (C=O) groups is 2. The summed E-state index contributed by atoms with van der Waals surface area (Å²) in [6.07, 6.45) is 0. The fourth-order valence-corrected chi connectivity index (χ4v) is 1.52. The zero-order valence-electron chi connectivity index (χ0n) is 11.6. The SMILES string of the molecule is CC(=O)Nc1ccc(NC(=O)CNCC(C)C)cc1. The van der Waals surface area contributed by atoms with Gasteiger partial charge in [0.25, 0.3) is 0 Å². The van der Waals surface area contributed by atoms with Crippen molar-refractivity contribution in [2.75, 3.05) is 23.7 Å². The number of carbonyl (C=O) groups excluding carboxylic acids is 2. The van der Waals surface area contributed by atoms with Gasteiger partial charge in [-0.05, 0) is 36.7 Å². The van der Waals surface area contributed by atoms with Gasteiger partial charge in [-0.15, -0.1) is 0 Å². The molecule has 0 saturated carbocycles. The largest absolute Gasteiger partial charge is 0.326 e. The van der Waals surface area contributed by atoms with Crippen LogP contribution in [0.25, 0.3) is 0 Å². The van der Waals surface area contributed by atoms with Gasteiger partial charge in [-0.1, -0.05) is 13.8 Å². The van der Waals surface area contributed by atoms with E-state index in [2.05, 4.69) is 29.8 Å². The minimum absolute atomic E-state index is 0.0760. The highest BCUT2D eigenvalue weighted by atomic mass is 16.2. The van der Waals surface area contributed by atoms with Crippen molar-refractivity contribution in [1.82, 2.24) is 5.32 Å². The number of anilines is 2. The standard InChI is InChI=1S/C14H21N3O2/c1-10(2)8-15-9-14(19)17-13-6-4-12(5-7-13)16-11(3)18/h4-7,10,15H,8-9H2,1-3H3,(H,16,18)(H,17,19). The monoisotopic (exact) mass is 263 g/mol. The Balaban J connectivity index is 2.40. The van der Waals surface area contributed by atoms with E-state index in [9.17, 15) is 9.59 Å². The van der Waals surface area contributed by atoms with Crippen LogP contribution in [-0.4, -0.2) is 24.9 Å². The second-order valence-corrected chi connectivity index (χ2v) is 4.83. The normalized spacial score (nSPS) is 10.3. The summed E-state index contributed by atoms with van der Waals surface area (Å²) in [6, 6.07) is 7.01. The first-order valence-electron chi connectivity index (χ1n) is 6.35. The quantitative estimate of drug-likeness (QED) is 0.733. The number of hydrogen-bond acceptors (Lipinski definition) is 3. The van der Waals surface area contributed by atoms with Crippen LogP contribution in [0, 0.1) is 5.92 Å². The lowest BCUT2D eigenvalue weighted by Gasteiger charge is -2.09. The molecule has 0 saturated heterocycles. The van der Waals surface area contributed by atoms with E-state index in [1.807, 2.05) is 0 Å². The van der Waals surface area contributed by atoms with E-state index in [1.165, 1.54) is 6.92 Å². The maximum atomic E-state index is 11.6. The molecule has 0 aliphatic carbocycles. The Morgan fingerprint density at radius 2 is 1.58 bits per heavy atom. The summed E-state index contributed by atoms with van der Waals surface area (Å²) in [5.41, 5.74) is 1.42. The molecule has 0 bridgehead atoms. The second kappa shape index (κ2) is 7.53. The molecule has 0 atom stereocenters. The maximum Gasteiger partial charge on any atom is 0.238 e. The van der Waals surface area contributed by atoms with Crippen molar-refractivity contribution in [1.29, 1.82) is 0 Å². The molecule has 1 rings (SSSR count). The van der Waals surface area contributed by atoms with Gasteiger partial charge < -0.3 is 16.0 Å². The number of nitrogens with one attached hydrogen (secondary N) is 3. The molecule has 1 aromatic rings. The van der Waals surface area contributed by atoms with Crippen LogP contribution in [0.5, 0.6) is 0 Å². The third-order valence-electron chi connectivity index (χ3n) is 2.33. The molecular weight excluding hydrogens is 242 g/mol. The van der Waals surface area contributed by atoms with Crippen LogP contribution < -0.4 is 16.0 Å². The van der Waals surface area contributed by atoms with Crippen LogP contribution in [0.3, 0.4) is 0 Å². The molecule has 0 unspecified atom stereocenters. The molecule has 0 fully saturated rings. The first kappa shape index (κ1) is 15.2. The fourth-order valence-electron chi connectivity index (χ4n) is 1.52. The lowest BCUT2D eigenvalue weighted by atomic mass is 10.2. The number of amides is 2. The molecule has 2 amide bonds. The molecule has 19 heavy (non-hydrogen) atoms. The highest BCUT2D eigenvalue weighted by molar-refractivity contribution is 5.93. The van der Waals surface area contributed by atoms with E-state index in [1.54, 1.807) is 24.3 Å². The van der Waals surface area contributed by atoms with E-state index in [4.69, 9.17) is 0 Å². The molecule has 0 heterocycles. The fraction of sp³-hybridized carbons (Fsp3) is 0.429. The van der Waals surface area contributed by atoms with Gasteiger partial charge in [0.15, 0.2) is 0 Å². The molecule has 0 aliphatic rings. The molecule has 5 heteroatoms. The first-order chi connectivity index (χ1) is 8.97. The summed E-state index contributed by atoms with van der Waals surface area (Å²) < 4.78 is 0. The number of rotatable bonds is 6. The summed E-state index contributed by atoms with van der Waals surface area (Å²) in [7, 11) is 0. The number of benzene rings is 1. The summed E-state index contributed by atoms with van der Waals surface area (Å²) in [6.45, 7) is 6.74. The zero-order valence-corrected chi connectivity index (χ0v) is 11.6. The minimum atomic E-state index is -0.116. The summed E-state index contributed by atoms with van der Waals surface area (Å²) in [5, 5.41) is 8.52. The van der Waals surface area contributed by atoms with Gasteiger partial charge in [0.05, 0.1) is 6.54 Å². The van der Waals surface area contributed by atoms with Crippen molar-refractivity contribution in [3.63, 3.8) is 0 Å². The summed E-state index contributed by atoms with van der Waals surface area (Å²) in [4.78, 5) is 22.5. The molecule has 1 aromatic carbocycles. The van der Waals surface area contributed by atoms with E-state index >= 15 is 0 Å². The van der Waals surface area contributed by atoms with Crippen molar-refractivity contribution in [2.24, 2.45) is 5.92 Å². The molecule has 0 spiro atoms. The van der Waals surface area contributed by atoms with Crippen molar-refractivity contribution in [2.45, 2.75) is 20.8 Å². The maximum absolute atomic E-state index is 11.6. The smallest absolute Gasteiger partial charge is 0.238 e. The van der Waals surface area contributed by atoms with Crippen LogP contribution in [0.15, 0.2) is 24.3 Å². The van der Waals surface area contributed by atoms with Gasteiger partial charge in [0, 0.05) is 18.3 Å². The van der Waals surface area contributed by atoms with Gasteiger partial charge in [0.1, 0.15) is 0 Å². The zero-order chi connectivity index (χ0) is 14.3. The summed E-state index contributed by atoms with van der Waals surface area (Å²) >= 11 is 0. The highest BCUT2D eigenvalue weighted by Crippen LogP contribution is 2.13. The van der Waals surface area contributed by atoms with Crippen molar-refractivity contribution in [3.05, 3.63) is 24.3 Å². The second-order valence-electron chi connectivity index (χ2n) is 4.83. The molecule has 0 aromatic heterocycles. The van der Waals surface area contributed by atoms with Crippen LogP contribution >= 0.6 is 0 Å². The molecule has 5 nitrogen and oxygen atoms in total. The van der Waals surface area contributed by atoms with E-state index in [0.29, 0.717) is 23.8 Å². The van der Waals surface area contributed by atoms with Crippen LogP contribution in [0.2, 0.25) is 0 Å². The lowest BCUT2D eigenvalue weighted by Crippen LogP contribution is -2.30. The van der Waals surface area contributed by atoms with Gasteiger partial charge in [-0.3, -0.25) is 9.59 Å². The molecule has 0 aliphatic heterocycles.